The number of benzene rings is 7. The Balaban J connectivity index is 1.30. The van der Waals surface area contributed by atoms with Gasteiger partial charge in [-0.25, -0.2) is 15.0 Å². The molecule has 3 heterocycles. The predicted molar refractivity (Wildman–Crippen MR) is 213 cm³/mol. The average Bonchev–Trinajstić information content (AvgIpc) is 3.92. The Labute approximate surface area is 316 Å². The topological polar surface area (TPSA) is 38.7 Å². The highest BCUT2D eigenvalue weighted by Crippen LogP contribution is 2.41. The van der Waals surface area contributed by atoms with Crippen molar-refractivity contribution in [2.24, 2.45) is 0 Å². The van der Waals surface area contributed by atoms with E-state index in [9.17, 15) is 4.11 Å². The van der Waals surface area contributed by atoms with E-state index >= 15 is 0 Å². The number of rotatable bonds is 5. The highest BCUT2D eigenvalue weighted by molar-refractivity contribution is 7.26. The zero-order valence-corrected chi connectivity index (χ0v) is 27.3. The largest absolute Gasteiger partial charge is 0.208 e. The minimum atomic E-state index is -0.545. The van der Waals surface area contributed by atoms with Gasteiger partial charge in [-0.15, -0.1) is 22.7 Å². The van der Waals surface area contributed by atoms with Crippen LogP contribution < -0.4 is 0 Å². The Kier molecular flexibility index (Phi) is 4.29. The normalized spacial score (nSPS) is 15.5. The fraction of sp³-hybridized carbons (Fsp3) is 0. The van der Waals surface area contributed by atoms with Gasteiger partial charge >= 0.3 is 0 Å². The van der Waals surface area contributed by atoms with Crippen LogP contribution >= 0.6 is 22.7 Å². The first kappa shape index (κ1) is 18.1. The molecule has 0 atom stereocenters. The molecule has 0 saturated carbocycles. The number of hydrogen-bond donors (Lipinski definition) is 0. The van der Waals surface area contributed by atoms with E-state index in [0.717, 1.165) is 44.9 Å². The lowest BCUT2D eigenvalue weighted by molar-refractivity contribution is 1.08. The lowest BCUT2D eigenvalue weighted by Gasteiger charge is -2.11. The van der Waals surface area contributed by atoms with Crippen molar-refractivity contribution in [3.05, 3.63) is 163 Å². The van der Waals surface area contributed by atoms with Crippen LogP contribution in [0.1, 0.15) is 19.2 Å². The molecule has 0 aliphatic rings. The van der Waals surface area contributed by atoms with Crippen LogP contribution in [-0.4, -0.2) is 15.0 Å². The summed E-state index contributed by atoms with van der Waals surface area (Å²) in [6.45, 7) is 0. The van der Waals surface area contributed by atoms with Gasteiger partial charge in [0.15, 0.2) is 17.5 Å². The molecule has 0 amide bonds. The second kappa shape index (κ2) is 11.8. The van der Waals surface area contributed by atoms with Crippen LogP contribution in [0.25, 0.3) is 96.8 Å². The molecule has 0 spiro atoms. The third-order valence-electron chi connectivity index (χ3n) is 8.34. The van der Waals surface area contributed by atoms with Crippen molar-refractivity contribution in [1.29, 1.82) is 0 Å². The molecule has 0 bridgehead atoms. The molecule has 5 heteroatoms. The van der Waals surface area contributed by atoms with Gasteiger partial charge in [0.25, 0.3) is 0 Å². The van der Waals surface area contributed by atoms with Crippen LogP contribution in [-0.2, 0) is 0 Å². The number of nitrogens with zero attached hydrogens (tertiary/aromatic N) is 3. The molecule has 0 fully saturated rings. The Morgan fingerprint density at radius 1 is 0.400 bits per heavy atom. The third-order valence-corrected chi connectivity index (χ3v) is 10.4. The van der Waals surface area contributed by atoms with E-state index in [1.807, 2.05) is 66.7 Å². The summed E-state index contributed by atoms with van der Waals surface area (Å²) in [6, 6.07) is 18.8. The molecule has 0 saturated heterocycles. The summed E-state index contributed by atoms with van der Waals surface area (Å²) in [7, 11) is 0. The summed E-state index contributed by atoms with van der Waals surface area (Å²) in [6.07, 6.45) is 0. The molecule has 0 unspecified atom stereocenters. The van der Waals surface area contributed by atoms with Crippen molar-refractivity contribution in [2.75, 3.05) is 0 Å². The van der Waals surface area contributed by atoms with Crippen LogP contribution in [0.15, 0.2) is 163 Å². The standard InChI is InChI=1S/C45H27N3S2/c1-2-11-28(12-3-1)29-13-8-14-30(25-29)31-15-9-16-32(26-31)43-46-44(33-23-24-40-37(27-33)34-17-4-6-20-38(34)49-40)48-45(47-43)36-19-10-22-41-42(36)35-18-5-7-21-39(35)50-41/h1-27H/i4D,5D,6D,7D,10D,17D,18D,19D,20D,21D,22D,23D,24D,27D. The lowest BCUT2D eigenvalue weighted by atomic mass is 9.98. The van der Waals surface area contributed by atoms with Crippen molar-refractivity contribution >= 4 is 63.0 Å². The molecule has 234 valence electrons. The molecular weight excluding hydrogens is 647 g/mol. The maximum atomic E-state index is 9.58. The summed E-state index contributed by atoms with van der Waals surface area (Å²) < 4.78 is 124. The highest BCUT2D eigenvalue weighted by atomic mass is 32.1. The maximum absolute atomic E-state index is 9.58. The molecular formula is C45H27N3S2. The zero-order valence-electron chi connectivity index (χ0n) is 39.7. The molecule has 0 aliphatic heterocycles. The van der Waals surface area contributed by atoms with E-state index in [1.165, 1.54) is 0 Å². The highest BCUT2D eigenvalue weighted by Gasteiger charge is 2.18. The van der Waals surface area contributed by atoms with Crippen LogP contribution in [0.3, 0.4) is 0 Å². The molecule has 0 N–H and O–H groups in total. The second-order valence-electron chi connectivity index (χ2n) is 11.4. The summed E-state index contributed by atoms with van der Waals surface area (Å²) >= 11 is 1.76. The van der Waals surface area contributed by atoms with E-state index in [2.05, 4.69) is 0 Å². The Morgan fingerprint density at radius 3 is 1.76 bits per heavy atom. The number of thiophene rings is 2. The van der Waals surface area contributed by atoms with Crippen molar-refractivity contribution in [3.8, 4) is 56.4 Å². The van der Waals surface area contributed by atoms with Gasteiger partial charge in [0, 0.05) is 57.0 Å². The zero-order chi connectivity index (χ0) is 45.2. The summed E-state index contributed by atoms with van der Waals surface area (Å²) in [5, 5.41) is 0.0518. The van der Waals surface area contributed by atoms with Gasteiger partial charge in [-0.3, -0.25) is 0 Å². The van der Waals surface area contributed by atoms with E-state index in [-0.39, 0.29) is 93.1 Å². The second-order valence-corrected chi connectivity index (χ2v) is 13.4. The first-order chi connectivity index (χ1) is 30.6. The lowest BCUT2D eigenvalue weighted by Crippen LogP contribution is -2.00. The van der Waals surface area contributed by atoms with Crippen molar-refractivity contribution < 1.29 is 19.2 Å². The van der Waals surface area contributed by atoms with Crippen LogP contribution in [0.4, 0.5) is 0 Å². The minimum Gasteiger partial charge on any atom is -0.208 e. The third kappa shape index (κ3) is 4.98. The van der Waals surface area contributed by atoms with Gasteiger partial charge in [-0.2, -0.15) is 0 Å². The van der Waals surface area contributed by atoms with Gasteiger partial charge in [-0.1, -0.05) is 115 Å². The Morgan fingerprint density at radius 2 is 0.960 bits per heavy atom. The summed E-state index contributed by atoms with van der Waals surface area (Å²) in [4.78, 5) is 14.4. The molecule has 50 heavy (non-hydrogen) atoms. The molecule has 0 aliphatic carbocycles. The Hall–Kier alpha value is -6.01. The van der Waals surface area contributed by atoms with E-state index in [4.69, 9.17) is 30.0 Å². The van der Waals surface area contributed by atoms with Crippen molar-refractivity contribution in [2.45, 2.75) is 0 Å². The summed E-state index contributed by atoms with van der Waals surface area (Å²) in [5.74, 6) is -0.591. The van der Waals surface area contributed by atoms with Gasteiger partial charge in [0.2, 0.25) is 0 Å². The van der Waals surface area contributed by atoms with E-state index in [1.54, 1.807) is 12.1 Å². The van der Waals surface area contributed by atoms with Crippen LogP contribution in [0.2, 0.25) is 0 Å². The average molecular weight is 688 g/mol. The first-order valence-electron chi connectivity index (χ1n) is 22.5. The summed E-state index contributed by atoms with van der Waals surface area (Å²) in [5.41, 5.74) is 3.62. The van der Waals surface area contributed by atoms with E-state index < -0.39 is 60.4 Å². The van der Waals surface area contributed by atoms with Gasteiger partial charge in [0.1, 0.15) is 0 Å². The fourth-order valence-corrected chi connectivity index (χ4v) is 7.91. The molecule has 10 rings (SSSR count). The van der Waals surface area contributed by atoms with Crippen LogP contribution in [0.5, 0.6) is 0 Å². The van der Waals surface area contributed by atoms with Gasteiger partial charge in [-0.05, 0) is 70.6 Å². The molecule has 7 aromatic carbocycles. The SMILES string of the molecule is [2H]c1c([2H])c([2H])c2c(sc3c([2H])c([2H])c(-c4nc(-c5cccc(-c6cccc(-c7ccccc7)c6)c5)nc(-c5c([2H])c([2H])c([2H])c6sc7c([2H])c([2H])c([2H])c([2H])c7c56)n4)c([2H])c32)c1[2H]. The molecule has 10 aromatic rings. The van der Waals surface area contributed by atoms with Gasteiger partial charge < -0.3 is 0 Å². The molecule has 3 nitrogen and oxygen atoms in total. The molecule has 3 aromatic heterocycles. The maximum Gasteiger partial charge on any atom is 0.164 e. The fourth-order valence-electron chi connectivity index (χ4n) is 6.02. The number of hydrogen-bond acceptors (Lipinski definition) is 5. The quantitative estimate of drug-likeness (QED) is 0.181. The van der Waals surface area contributed by atoms with E-state index in [0.29, 0.717) is 5.56 Å². The van der Waals surface area contributed by atoms with Crippen molar-refractivity contribution in [1.82, 2.24) is 15.0 Å². The number of fused-ring (bicyclic) bond motifs is 6. The van der Waals surface area contributed by atoms with Crippen LogP contribution in [0, 0.1) is 0 Å². The minimum absolute atomic E-state index is 0.00204. The van der Waals surface area contributed by atoms with Gasteiger partial charge in [0.05, 0.1) is 19.2 Å². The monoisotopic (exact) mass is 687 g/mol. The number of aromatic nitrogens is 3. The smallest absolute Gasteiger partial charge is 0.164 e. The first-order valence-corrected chi connectivity index (χ1v) is 17.1. The van der Waals surface area contributed by atoms with Crippen molar-refractivity contribution in [3.63, 3.8) is 0 Å². The Bertz CT molecular complexity index is 3680. The molecule has 0 radical (unpaired) electrons. The predicted octanol–water partition coefficient (Wildman–Crippen LogP) is 12.9.